The quantitative estimate of drug-likeness (QED) is 0.249. The number of hydrogen-bond donors (Lipinski definition) is 3. The molecular formula is C35H28ClFN2O9. The molecule has 2 aliphatic carbocycles. The summed E-state index contributed by atoms with van der Waals surface area (Å²) in [4.78, 5) is 70.3. The van der Waals surface area contributed by atoms with Crippen molar-refractivity contribution in [1.29, 1.82) is 0 Å². The first-order chi connectivity index (χ1) is 22.8. The Morgan fingerprint density at radius 1 is 0.938 bits per heavy atom. The van der Waals surface area contributed by atoms with Crippen LogP contribution >= 0.6 is 11.6 Å². The summed E-state index contributed by atoms with van der Waals surface area (Å²) in [6.07, 6.45) is 2.00. The van der Waals surface area contributed by atoms with Gasteiger partial charge in [-0.05, 0) is 62.1 Å². The summed E-state index contributed by atoms with van der Waals surface area (Å²) >= 11 is 6.05. The number of phenols is 2. The number of hydrogen-bond acceptors (Lipinski definition) is 8. The fraction of sp³-hybridized carbons (Fsp3) is 0.286. The Kier molecular flexibility index (Phi) is 7.13. The number of amides is 4. The van der Waals surface area contributed by atoms with E-state index in [9.17, 15) is 43.7 Å². The summed E-state index contributed by atoms with van der Waals surface area (Å²) < 4.78 is 19.8. The van der Waals surface area contributed by atoms with E-state index in [0.717, 1.165) is 28.0 Å². The van der Waals surface area contributed by atoms with E-state index in [2.05, 4.69) is 0 Å². The molecule has 2 saturated heterocycles. The monoisotopic (exact) mass is 674 g/mol. The molecule has 2 heterocycles. The Bertz CT molecular complexity index is 2010. The highest BCUT2D eigenvalue weighted by molar-refractivity contribution is 6.32. The third-order valence-corrected chi connectivity index (χ3v) is 10.7. The average Bonchev–Trinajstić information content (AvgIpc) is 3.41. The maximum absolute atomic E-state index is 14.5. The molecule has 1 saturated carbocycles. The number of methoxy groups -OCH3 is 1. The molecule has 7 rings (SSSR count). The summed E-state index contributed by atoms with van der Waals surface area (Å²) in [6.45, 7) is 1.67. The summed E-state index contributed by atoms with van der Waals surface area (Å²) in [7, 11) is 1.40. The van der Waals surface area contributed by atoms with Crippen LogP contribution in [0, 0.1) is 34.9 Å². The first-order valence-corrected chi connectivity index (χ1v) is 15.5. The van der Waals surface area contributed by atoms with E-state index in [1.807, 2.05) is 6.08 Å². The van der Waals surface area contributed by atoms with E-state index < -0.39 is 81.7 Å². The Labute approximate surface area is 277 Å². The number of carbonyl (C=O) groups is 5. The minimum absolute atomic E-state index is 0.00679. The molecule has 6 atom stereocenters. The number of carboxylic acid groups (broad SMARTS) is 1. The molecule has 3 fully saturated rings. The molecule has 4 amide bonds. The van der Waals surface area contributed by atoms with Gasteiger partial charge in [-0.3, -0.25) is 19.2 Å². The van der Waals surface area contributed by atoms with Crippen LogP contribution in [0.2, 0.25) is 5.02 Å². The van der Waals surface area contributed by atoms with Crippen LogP contribution in [0.15, 0.2) is 66.2 Å². The molecular weight excluding hydrogens is 647 g/mol. The summed E-state index contributed by atoms with van der Waals surface area (Å²) in [5, 5.41) is 29.7. The number of rotatable bonds is 5. The van der Waals surface area contributed by atoms with E-state index in [1.165, 1.54) is 37.4 Å². The zero-order chi connectivity index (χ0) is 34.4. The number of imide groups is 2. The Morgan fingerprint density at radius 3 is 2.31 bits per heavy atom. The number of aromatic hydroxyl groups is 2. The number of halogens is 2. The molecule has 0 unspecified atom stereocenters. The zero-order valence-corrected chi connectivity index (χ0v) is 26.3. The molecule has 0 aromatic heterocycles. The van der Waals surface area contributed by atoms with Crippen molar-refractivity contribution in [2.24, 2.45) is 29.1 Å². The number of anilines is 2. The number of fused-ring (bicyclic) bond motifs is 4. The van der Waals surface area contributed by atoms with Crippen molar-refractivity contribution in [2.75, 3.05) is 16.9 Å². The lowest BCUT2D eigenvalue weighted by molar-refractivity contribution is -0.131. The van der Waals surface area contributed by atoms with Crippen molar-refractivity contribution >= 4 is 52.6 Å². The summed E-state index contributed by atoms with van der Waals surface area (Å²) in [5.41, 5.74) is -0.589. The fourth-order valence-electron chi connectivity index (χ4n) is 8.26. The van der Waals surface area contributed by atoms with Crippen LogP contribution in [0.1, 0.15) is 41.6 Å². The second kappa shape index (κ2) is 10.9. The Balaban J connectivity index is 1.37. The number of nitrogens with zero attached hydrogens (tertiary/aromatic N) is 2. The van der Waals surface area contributed by atoms with Crippen LogP contribution in [0.5, 0.6) is 17.2 Å². The molecule has 48 heavy (non-hydrogen) atoms. The van der Waals surface area contributed by atoms with Crippen LogP contribution in [-0.4, -0.2) is 52.0 Å². The number of aromatic carboxylic acids is 1. The van der Waals surface area contributed by atoms with Gasteiger partial charge in [0, 0.05) is 23.6 Å². The second-order valence-electron chi connectivity index (χ2n) is 12.7. The van der Waals surface area contributed by atoms with Crippen LogP contribution in [0.4, 0.5) is 15.8 Å². The third-order valence-electron chi connectivity index (χ3n) is 10.4. The van der Waals surface area contributed by atoms with Crippen molar-refractivity contribution in [3.63, 3.8) is 0 Å². The van der Waals surface area contributed by atoms with Crippen LogP contribution in [-0.2, 0) is 19.2 Å². The first kappa shape index (κ1) is 31.4. The van der Waals surface area contributed by atoms with Gasteiger partial charge in [0.15, 0.2) is 0 Å². The Hall–Kier alpha value is -5.23. The second-order valence-corrected chi connectivity index (χ2v) is 13.1. The fourth-order valence-corrected chi connectivity index (χ4v) is 8.44. The van der Waals surface area contributed by atoms with Gasteiger partial charge < -0.3 is 20.1 Å². The van der Waals surface area contributed by atoms with Gasteiger partial charge in [0.05, 0.1) is 46.7 Å². The first-order valence-electron chi connectivity index (χ1n) is 15.1. The number of ether oxygens (including phenoxy) is 1. The lowest BCUT2D eigenvalue weighted by Crippen LogP contribution is -2.49. The number of carbonyl (C=O) groups excluding carboxylic acids is 4. The number of allylic oxidation sites excluding steroid dienone is 2. The normalized spacial score (nSPS) is 27.8. The van der Waals surface area contributed by atoms with Gasteiger partial charge in [-0.1, -0.05) is 29.3 Å². The minimum atomic E-state index is -1.43. The molecule has 2 aliphatic heterocycles. The molecule has 0 radical (unpaired) electrons. The number of phenolic OH excluding ortho intramolecular Hbond substituents is 1. The molecule has 3 aromatic rings. The van der Waals surface area contributed by atoms with E-state index >= 15 is 0 Å². The van der Waals surface area contributed by atoms with Crippen molar-refractivity contribution in [1.82, 2.24) is 0 Å². The number of carboxylic acids is 1. The minimum Gasteiger partial charge on any atom is -0.508 e. The topological polar surface area (TPSA) is 162 Å². The molecule has 0 spiro atoms. The van der Waals surface area contributed by atoms with Gasteiger partial charge in [0.1, 0.15) is 28.6 Å². The maximum atomic E-state index is 14.5. The van der Waals surface area contributed by atoms with Gasteiger partial charge in [-0.15, -0.1) is 0 Å². The predicted octanol–water partition coefficient (Wildman–Crippen LogP) is 5.03. The smallest absolute Gasteiger partial charge is 0.339 e. The summed E-state index contributed by atoms with van der Waals surface area (Å²) in [5.74, 6) is -9.10. The molecule has 13 heteroatoms. The SMILES string of the molecule is COc1cc(O)ccc1[C@H]1C2=CC[C@@H]3C(=O)N(c4ccc(C(=O)O)c(O)c4)C(=O)[C@@H]3[C@@H]2C[C@H]2C(=O)N(c3ccc(F)c(Cl)c3)C(=O)[C@@]12C. The standard InChI is InChI=1S/C35H28ClFN2O9/c1-35-23(31(43)39(34(35)47)15-4-10-25(37)24(36)11-15)14-22-18(29(35)20-7-5-17(40)13-27(20)48-2)8-9-21-28(22)32(44)38(30(21)42)16-3-6-19(33(45)46)26(41)12-16/h3-8,10-13,21-23,28-29,40-41H,9,14H2,1-2H3,(H,45,46)/t21-,22+,23-,28-,29+,35+/m0/s1. The van der Waals surface area contributed by atoms with E-state index in [4.69, 9.17) is 16.3 Å². The average molecular weight is 675 g/mol. The lowest BCUT2D eigenvalue weighted by Gasteiger charge is -2.49. The van der Waals surface area contributed by atoms with Crippen LogP contribution < -0.4 is 14.5 Å². The van der Waals surface area contributed by atoms with Gasteiger partial charge in [-0.25, -0.2) is 19.0 Å². The van der Waals surface area contributed by atoms with Crippen molar-refractivity contribution in [3.8, 4) is 17.2 Å². The van der Waals surface area contributed by atoms with Crippen LogP contribution in [0.25, 0.3) is 0 Å². The van der Waals surface area contributed by atoms with Crippen molar-refractivity contribution in [3.05, 3.63) is 88.2 Å². The van der Waals surface area contributed by atoms with Gasteiger partial charge in [0.25, 0.3) is 0 Å². The molecule has 11 nitrogen and oxygen atoms in total. The predicted molar refractivity (Wildman–Crippen MR) is 168 cm³/mol. The highest BCUT2D eigenvalue weighted by Gasteiger charge is 2.68. The lowest BCUT2D eigenvalue weighted by atomic mass is 9.51. The van der Waals surface area contributed by atoms with Gasteiger partial charge in [0.2, 0.25) is 23.6 Å². The van der Waals surface area contributed by atoms with Crippen molar-refractivity contribution in [2.45, 2.75) is 25.7 Å². The third kappa shape index (κ3) is 4.28. The Morgan fingerprint density at radius 2 is 1.65 bits per heavy atom. The highest BCUT2D eigenvalue weighted by atomic mass is 35.5. The largest absolute Gasteiger partial charge is 0.508 e. The molecule has 246 valence electrons. The van der Waals surface area contributed by atoms with E-state index in [1.54, 1.807) is 13.0 Å². The number of benzene rings is 3. The van der Waals surface area contributed by atoms with Gasteiger partial charge >= 0.3 is 5.97 Å². The molecule has 3 aromatic carbocycles. The molecule has 4 aliphatic rings. The van der Waals surface area contributed by atoms with E-state index in [-0.39, 0.29) is 40.7 Å². The molecule has 3 N–H and O–H groups in total. The van der Waals surface area contributed by atoms with Crippen molar-refractivity contribution < 1.29 is 48.4 Å². The van der Waals surface area contributed by atoms with E-state index in [0.29, 0.717) is 11.1 Å². The zero-order valence-electron chi connectivity index (χ0n) is 25.5. The van der Waals surface area contributed by atoms with Crippen LogP contribution in [0.3, 0.4) is 0 Å². The summed E-state index contributed by atoms with van der Waals surface area (Å²) in [6, 6.07) is 11.4. The highest BCUT2D eigenvalue weighted by Crippen LogP contribution is 2.64. The molecule has 0 bridgehead atoms. The maximum Gasteiger partial charge on any atom is 0.339 e. The van der Waals surface area contributed by atoms with Gasteiger partial charge in [-0.2, -0.15) is 0 Å².